The van der Waals surface area contributed by atoms with Gasteiger partial charge in [-0.3, -0.25) is 4.98 Å². The first-order chi connectivity index (χ1) is 17.3. The third kappa shape index (κ3) is 10.2. The SMILES string of the molecule is CCCN(CC(/C=C\COCC(=O)OCC)=C/C(C)C)c1cncc(C2=CC=C(C(F)F)C=CC2)n1. The molecule has 6 nitrogen and oxygen atoms in total. The zero-order valence-corrected chi connectivity index (χ0v) is 21.6. The summed E-state index contributed by atoms with van der Waals surface area (Å²) in [5.41, 5.74) is 2.58. The largest absolute Gasteiger partial charge is 0.464 e. The predicted molar refractivity (Wildman–Crippen MR) is 140 cm³/mol. The predicted octanol–water partition coefficient (Wildman–Crippen LogP) is 5.95. The Kier molecular flexibility index (Phi) is 12.8. The smallest absolute Gasteiger partial charge is 0.332 e. The molecule has 2 rings (SSSR count). The van der Waals surface area contributed by atoms with E-state index in [-0.39, 0.29) is 18.1 Å². The number of ether oxygens (including phenoxy) is 2. The lowest BCUT2D eigenvalue weighted by Crippen LogP contribution is -2.27. The summed E-state index contributed by atoms with van der Waals surface area (Å²) in [6.07, 6.45) is 14.7. The lowest BCUT2D eigenvalue weighted by molar-refractivity contribution is -0.147. The van der Waals surface area contributed by atoms with Gasteiger partial charge in [-0.05, 0) is 36.8 Å². The highest BCUT2D eigenvalue weighted by atomic mass is 19.3. The Bertz CT molecular complexity index is 998. The Balaban J connectivity index is 2.18. The second-order valence-electron chi connectivity index (χ2n) is 8.66. The number of nitrogens with zero attached hydrogens (tertiary/aromatic N) is 3. The highest BCUT2D eigenvalue weighted by Gasteiger charge is 2.14. The minimum atomic E-state index is -2.51. The molecular formula is C28H37F2N3O3. The molecule has 196 valence electrons. The van der Waals surface area contributed by atoms with Crippen LogP contribution in [0.4, 0.5) is 14.6 Å². The van der Waals surface area contributed by atoms with E-state index >= 15 is 0 Å². The van der Waals surface area contributed by atoms with E-state index in [1.807, 2.05) is 12.2 Å². The molecule has 0 amide bonds. The summed E-state index contributed by atoms with van der Waals surface area (Å²) >= 11 is 0. The molecule has 1 heterocycles. The van der Waals surface area contributed by atoms with Gasteiger partial charge in [0.25, 0.3) is 6.43 Å². The zero-order valence-electron chi connectivity index (χ0n) is 21.6. The summed E-state index contributed by atoms with van der Waals surface area (Å²) in [5.74, 6) is 0.685. The Morgan fingerprint density at radius 1 is 1.22 bits per heavy atom. The van der Waals surface area contributed by atoms with E-state index in [1.165, 1.54) is 12.2 Å². The van der Waals surface area contributed by atoms with Crippen molar-refractivity contribution in [3.05, 3.63) is 71.8 Å². The molecule has 1 aromatic heterocycles. The number of aromatic nitrogens is 2. The van der Waals surface area contributed by atoms with E-state index in [1.54, 1.807) is 31.5 Å². The third-order valence-electron chi connectivity index (χ3n) is 5.14. The Morgan fingerprint density at radius 2 is 2.03 bits per heavy atom. The number of carbonyl (C=O) groups is 1. The highest BCUT2D eigenvalue weighted by Crippen LogP contribution is 2.24. The first-order valence-electron chi connectivity index (χ1n) is 12.4. The number of allylic oxidation sites excluding steroid dienone is 7. The maximum Gasteiger partial charge on any atom is 0.332 e. The van der Waals surface area contributed by atoms with Crippen molar-refractivity contribution < 1.29 is 23.0 Å². The summed E-state index contributed by atoms with van der Waals surface area (Å²) in [6.45, 7) is 10.0. The first kappa shape index (κ1) is 29.1. The van der Waals surface area contributed by atoms with Crippen LogP contribution in [0.5, 0.6) is 0 Å². The Labute approximate surface area is 213 Å². The molecule has 0 N–H and O–H groups in total. The summed E-state index contributed by atoms with van der Waals surface area (Å²) in [6, 6.07) is 0. The number of carbonyl (C=O) groups excluding carboxylic acids is 1. The number of hydrogen-bond acceptors (Lipinski definition) is 6. The average Bonchev–Trinajstić information content (AvgIpc) is 3.10. The Morgan fingerprint density at radius 3 is 2.72 bits per heavy atom. The van der Waals surface area contributed by atoms with Crippen LogP contribution in [0.2, 0.25) is 0 Å². The van der Waals surface area contributed by atoms with Gasteiger partial charge in [0.15, 0.2) is 0 Å². The van der Waals surface area contributed by atoms with E-state index in [2.05, 4.69) is 36.7 Å². The van der Waals surface area contributed by atoms with Crippen molar-refractivity contribution in [1.82, 2.24) is 9.97 Å². The van der Waals surface area contributed by atoms with Gasteiger partial charge in [0, 0.05) is 18.7 Å². The molecule has 0 saturated carbocycles. The molecule has 0 spiro atoms. The van der Waals surface area contributed by atoms with Crippen molar-refractivity contribution >= 4 is 17.4 Å². The number of halogens is 2. The van der Waals surface area contributed by atoms with E-state index in [0.29, 0.717) is 37.8 Å². The van der Waals surface area contributed by atoms with Crippen LogP contribution in [0, 0.1) is 5.92 Å². The quantitative estimate of drug-likeness (QED) is 0.178. The molecule has 0 saturated heterocycles. The third-order valence-corrected chi connectivity index (χ3v) is 5.14. The molecular weight excluding hydrogens is 464 g/mol. The van der Waals surface area contributed by atoms with Gasteiger partial charge in [0.1, 0.15) is 12.4 Å². The van der Waals surface area contributed by atoms with E-state index in [4.69, 9.17) is 14.5 Å². The topological polar surface area (TPSA) is 64.5 Å². The van der Waals surface area contributed by atoms with Crippen LogP contribution in [0.25, 0.3) is 5.57 Å². The number of rotatable bonds is 14. The molecule has 36 heavy (non-hydrogen) atoms. The number of esters is 1. The van der Waals surface area contributed by atoms with Gasteiger partial charge in [-0.1, -0.05) is 63.3 Å². The van der Waals surface area contributed by atoms with E-state index in [9.17, 15) is 13.6 Å². The Hall–Kier alpha value is -3.13. The molecule has 0 bridgehead atoms. The summed E-state index contributed by atoms with van der Waals surface area (Å²) in [4.78, 5) is 22.8. The monoisotopic (exact) mass is 501 g/mol. The van der Waals surface area contributed by atoms with Crippen molar-refractivity contribution in [3.8, 4) is 0 Å². The number of hydrogen-bond donors (Lipinski definition) is 0. The van der Waals surface area contributed by atoms with Crippen molar-refractivity contribution in [3.63, 3.8) is 0 Å². The fraction of sp³-hybridized carbons (Fsp3) is 0.464. The first-order valence-corrected chi connectivity index (χ1v) is 12.4. The van der Waals surface area contributed by atoms with E-state index in [0.717, 1.165) is 29.9 Å². The van der Waals surface area contributed by atoms with Crippen LogP contribution < -0.4 is 4.90 Å². The van der Waals surface area contributed by atoms with Gasteiger partial charge in [-0.15, -0.1) is 0 Å². The normalized spacial score (nSPS) is 14.3. The van der Waals surface area contributed by atoms with Crippen LogP contribution in [-0.2, 0) is 14.3 Å². The van der Waals surface area contributed by atoms with Crippen molar-refractivity contribution in [2.45, 2.75) is 47.0 Å². The number of anilines is 1. The molecule has 0 aromatic carbocycles. The molecule has 0 unspecified atom stereocenters. The molecule has 0 radical (unpaired) electrons. The molecule has 1 aromatic rings. The van der Waals surface area contributed by atoms with Gasteiger partial charge in [0.05, 0.1) is 31.3 Å². The zero-order chi connectivity index (χ0) is 26.3. The summed E-state index contributed by atoms with van der Waals surface area (Å²) in [5, 5.41) is 0. The van der Waals surface area contributed by atoms with E-state index < -0.39 is 6.43 Å². The molecule has 1 aliphatic carbocycles. The second kappa shape index (κ2) is 15.8. The molecule has 1 aliphatic rings. The standard InChI is InChI=1S/C28H37F2N3O3/c1-5-14-33(19-22(16-21(3)4)9-8-15-35-20-27(34)36-6-2)26-18-31-17-25(32-26)23-10-7-11-24(13-12-23)28(29)30/h7-9,11-13,16-18,21,28H,5-6,10,14-15,19-20H2,1-4H3/b9-8-,22-16+. The minimum absolute atomic E-state index is 0.0109. The van der Waals surface area contributed by atoms with Crippen molar-refractivity contribution in [2.24, 2.45) is 5.92 Å². The van der Waals surface area contributed by atoms with Gasteiger partial charge in [0.2, 0.25) is 0 Å². The minimum Gasteiger partial charge on any atom is -0.464 e. The molecule has 0 aliphatic heterocycles. The second-order valence-corrected chi connectivity index (χ2v) is 8.66. The van der Waals surface area contributed by atoms with Crippen molar-refractivity contribution in [1.29, 1.82) is 0 Å². The van der Waals surface area contributed by atoms with Crippen molar-refractivity contribution in [2.75, 3.05) is 37.8 Å². The van der Waals surface area contributed by atoms with Gasteiger partial charge < -0.3 is 14.4 Å². The van der Waals surface area contributed by atoms with Crippen LogP contribution in [0.1, 0.15) is 46.2 Å². The molecule has 8 heteroatoms. The average molecular weight is 502 g/mol. The highest BCUT2D eigenvalue weighted by molar-refractivity contribution is 5.70. The van der Waals surface area contributed by atoms with Gasteiger partial charge in [-0.25, -0.2) is 18.6 Å². The molecule has 0 fully saturated rings. The lowest BCUT2D eigenvalue weighted by atomic mass is 10.1. The van der Waals surface area contributed by atoms with Crippen LogP contribution >= 0.6 is 0 Å². The maximum absolute atomic E-state index is 13.1. The summed E-state index contributed by atoms with van der Waals surface area (Å²) < 4.78 is 36.4. The van der Waals surface area contributed by atoms with Crippen LogP contribution in [0.3, 0.4) is 0 Å². The molecule has 0 atom stereocenters. The maximum atomic E-state index is 13.1. The van der Waals surface area contributed by atoms with Crippen LogP contribution in [0.15, 0.2) is 66.1 Å². The lowest BCUT2D eigenvalue weighted by Gasteiger charge is -2.24. The summed E-state index contributed by atoms with van der Waals surface area (Å²) in [7, 11) is 0. The fourth-order valence-corrected chi connectivity index (χ4v) is 3.61. The van der Waals surface area contributed by atoms with Gasteiger partial charge in [-0.2, -0.15) is 0 Å². The fourth-order valence-electron chi connectivity index (χ4n) is 3.61. The number of alkyl halides is 2. The van der Waals surface area contributed by atoms with Gasteiger partial charge >= 0.3 is 5.97 Å². The van der Waals surface area contributed by atoms with Crippen LogP contribution in [-0.4, -0.2) is 55.3 Å².